The third-order valence-corrected chi connectivity index (χ3v) is 5.97. The first kappa shape index (κ1) is 21.1. The highest BCUT2D eigenvalue weighted by Gasteiger charge is 2.18. The summed E-state index contributed by atoms with van der Waals surface area (Å²) < 4.78 is 6.05. The lowest BCUT2D eigenvalue weighted by atomic mass is 10.1. The second-order valence-electron chi connectivity index (χ2n) is 7.18. The molecule has 31 heavy (non-hydrogen) atoms. The van der Waals surface area contributed by atoms with E-state index in [1.54, 1.807) is 12.3 Å². The molecule has 156 valence electrons. The zero-order valence-electron chi connectivity index (χ0n) is 17.2. The van der Waals surface area contributed by atoms with Crippen molar-refractivity contribution in [2.45, 2.75) is 20.5 Å². The van der Waals surface area contributed by atoms with Crippen molar-refractivity contribution in [1.82, 2.24) is 4.98 Å². The molecule has 0 saturated heterocycles. The van der Waals surface area contributed by atoms with Crippen LogP contribution in [0.4, 0.5) is 5.69 Å². The van der Waals surface area contributed by atoms with E-state index in [4.69, 9.17) is 16.3 Å². The molecule has 4 nitrogen and oxygen atoms in total. The number of nitrogens with zero attached hydrogens (tertiary/aromatic N) is 1. The average Bonchev–Trinajstić information content (AvgIpc) is 3.14. The summed E-state index contributed by atoms with van der Waals surface area (Å²) in [6.07, 6.45) is 1.73. The number of amides is 1. The van der Waals surface area contributed by atoms with Crippen LogP contribution in [0.3, 0.4) is 0 Å². The third kappa shape index (κ3) is 5.13. The number of benzene rings is 2. The van der Waals surface area contributed by atoms with Gasteiger partial charge in [0.25, 0.3) is 5.91 Å². The standard InChI is InChI=1S/C25H21ClN2O2S/c1-16-11-19(26)13-20(12-16)28-25(29)23-14-21(17(2)31-23)24-22(9-6-10-27-24)30-15-18-7-4-3-5-8-18/h3-14H,15H2,1-2H3,(H,28,29). The van der Waals surface area contributed by atoms with Gasteiger partial charge in [0.15, 0.2) is 0 Å². The van der Waals surface area contributed by atoms with Gasteiger partial charge in [-0.1, -0.05) is 41.9 Å². The smallest absolute Gasteiger partial charge is 0.265 e. The van der Waals surface area contributed by atoms with Gasteiger partial charge in [0.05, 0.1) is 4.88 Å². The van der Waals surface area contributed by atoms with Gasteiger partial charge < -0.3 is 10.1 Å². The number of carbonyl (C=O) groups is 1. The highest BCUT2D eigenvalue weighted by molar-refractivity contribution is 7.14. The fourth-order valence-electron chi connectivity index (χ4n) is 3.27. The van der Waals surface area contributed by atoms with E-state index in [2.05, 4.69) is 10.3 Å². The minimum absolute atomic E-state index is 0.177. The Morgan fingerprint density at radius 1 is 1.06 bits per heavy atom. The van der Waals surface area contributed by atoms with E-state index in [0.29, 0.717) is 27.9 Å². The molecule has 0 aliphatic heterocycles. The first-order chi connectivity index (χ1) is 15.0. The maximum atomic E-state index is 12.8. The van der Waals surface area contributed by atoms with E-state index >= 15 is 0 Å². The van der Waals surface area contributed by atoms with Crippen LogP contribution in [-0.2, 0) is 6.61 Å². The van der Waals surface area contributed by atoms with Crippen LogP contribution in [0.2, 0.25) is 5.02 Å². The number of aromatic nitrogens is 1. The van der Waals surface area contributed by atoms with E-state index in [-0.39, 0.29) is 5.91 Å². The van der Waals surface area contributed by atoms with Gasteiger partial charge in [0.2, 0.25) is 0 Å². The summed E-state index contributed by atoms with van der Waals surface area (Å²) in [7, 11) is 0. The van der Waals surface area contributed by atoms with Crippen LogP contribution < -0.4 is 10.1 Å². The Hall–Kier alpha value is -3.15. The van der Waals surface area contributed by atoms with Crippen molar-refractivity contribution in [1.29, 1.82) is 0 Å². The second kappa shape index (κ2) is 9.33. The van der Waals surface area contributed by atoms with Crippen LogP contribution in [0.5, 0.6) is 5.75 Å². The molecule has 1 N–H and O–H groups in total. The van der Waals surface area contributed by atoms with Gasteiger partial charge in [-0.25, -0.2) is 0 Å². The third-order valence-electron chi connectivity index (χ3n) is 4.70. The summed E-state index contributed by atoms with van der Waals surface area (Å²) in [6.45, 7) is 4.37. The molecule has 4 rings (SSSR count). The van der Waals surface area contributed by atoms with Gasteiger partial charge in [-0.3, -0.25) is 9.78 Å². The van der Waals surface area contributed by atoms with Crippen LogP contribution in [0, 0.1) is 13.8 Å². The van der Waals surface area contributed by atoms with Gasteiger partial charge in [-0.2, -0.15) is 0 Å². The van der Waals surface area contributed by atoms with Crippen molar-refractivity contribution in [2.24, 2.45) is 0 Å². The van der Waals surface area contributed by atoms with Crippen molar-refractivity contribution in [3.05, 3.63) is 98.8 Å². The number of halogens is 1. The van der Waals surface area contributed by atoms with Crippen LogP contribution in [0.1, 0.15) is 25.7 Å². The van der Waals surface area contributed by atoms with E-state index in [9.17, 15) is 4.79 Å². The number of hydrogen-bond acceptors (Lipinski definition) is 4. The molecule has 0 fully saturated rings. The molecule has 0 aliphatic rings. The Bertz CT molecular complexity index is 1200. The molecule has 2 heterocycles. The topological polar surface area (TPSA) is 51.2 Å². The summed E-state index contributed by atoms with van der Waals surface area (Å²) in [5, 5.41) is 3.52. The molecule has 1 amide bonds. The number of hydrogen-bond donors (Lipinski definition) is 1. The number of ether oxygens (including phenoxy) is 1. The predicted octanol–water partition coefficient (Wildman–Crippen LogP) is 6.91. The number of anilines is 1. The normalized spacial score (nSPS) is 10.7. The highest BCUT2D eigenvalue weighted by Crippen LogP contribution is 2.35. The summed E-state index contributed by atoms with van der Waals surface area (Å²) >= 11 is 7.54. The van der Waals surface area contributed by atoms with Crippen molar-refractivity contribution in [3.8, 4) is 17.0 Å². The fraction of sp³-hybridized carbons (Fsp3) is 0.120. The van der Waals surface area contributed by atoms with Gasteiger partial charge in [-0.05, 0) is 61.4 Å². The maximum absolute atomic E-state index is 12.8. The number of nitrogens with one attached hydrogen (secondary N) is 1. The van der Waals surface area contributed by atoms with E-state index in [1.165, 1.54) is 11.3 Å². The summed E-state index contributed by atoms with van der Waals surface area (Å²) in [5.41, 5.74) is 4.36. The number of aryl methyl sites for hydroxylation is 2. The van der Waals surface area contributed by atoms with Crippen molar-refractivity contribution in [3.63, 3.8) is 0 Å². The molecular weight excluding hydrogens is 428 g/mol. The Kier molecular flexibility index (Phi) is 6.35. The molecule has 2 aromatic heterocycles. The van der Waals surface area contributed by atoms with E-state index in [1.807, 2.05) is 74.5 Å². The number of thiophene rings is 1. The molecular formula is C25H21ClN2O2S. The molecule has 0 aliphatic carbocycles. The predicted molar refractivity (Wildman–Crippen MR) is 127 cm³/mol. The summed E-state index contributed by atoms with van der Waals surface area (Å²) in [5.74, 6) is 0.508. The number of pyridine rings is 1. The van der Waals surface area contributed by atoms with Crippen molar-refractivity contribution < 1.29 is 9.53 Å². The summed E-state index contributed by atoms with van der Waals surface area (Å²) in [4.78, 5) is 19.0. The summed E-state index contributed by atoms with van der Waals surface area (Å²) in [6, 6.07) is 21.1. The monoisotopic (exact) mass is 448 g/mol. The molecule has 6 heteroatoms. The van der Waals surface area contributed by atoms with Crippen LogP contribution in [-0.4, -0.2) is 10.9 Å². The first-order valence-electron chi connectivity index (χ1n) is 9.80. The Morgan fingerprint density at radius 2 is 1.87 bits per heavy atom. The second-order valence-corrected chi connectivity index (χ2v) is 8.87. The zero-order valence-corrected chi connectivity index (χ0v) is 18.8. The average molecular weight is 449 g/mol. The molecule has 0 unspecified atom stereocenters. The lowest BCUT2D eigenvalue weighted by Gasteiger charge is -2.10. The quantitative estimate of drug-likeness (QED) is 0.348. The van der Waals surface area contributed by atoms with Gasteiger partial charge in [0.1, 0.15) is 18.1 Å². The van der Waals surface area contributed by atoms with Gasteiger partial charge in [0, 0.05) is 27.3 Å². The van der Waals surface area contributed by atoms with E-state index in [0.717, 1.165) is 27.3 Å². The molecule has 0 bridgehead atoms. The molecule has 0 saturated carbocycles. The van der Waals surface area contributed by atoms with Crippen LogP contribution in [0.25, 0.3) is 11.3 Å². The lowest BCUT2D eigenvalue weighted by molar-refractivity contribution is 0.103. The van der Waals surface area contributed by atoms with E-state index < -0.39 is 0 Å². The maximum Gasteiger partial charge on any atom is 0.265 e. The molecule has 0 spiro atoms. The highest BCUT2D eigenvalue weighted by atomic mass is 35.5. The molecule has 0 atom stereocenters. The largest absolute Gasteiger partial charge is 0.487 e. The van der Waals surface area contributed by atoms with Crippen molar-refractivity contribution >= 4 is 34.5 Å². The minimum Gasteiger partial charge on any atom is -0.487 e. The molecule has 2 aromatic carbocycles. The molecule has 0 radical (unpaired) electrons. The lowest BCUT2D eigenvalue weighted by Crippen LogP contribution is -2.10. The molecule has 4 aromatic rings. The number of carbonyl (C=O) groups excluding carboxylic acids is 1. The zero-order chi connectivity index (χ0) is 21.8. The van der Waals surface area contributed by atoms with Gasteiger partial charge in [-0.15, -0.1) is 11.3 Å². The Balaban J connectivity index is 1.57. The van der Waals surface area contributed by atoms with Crippen LogP contribution >= 0.6 is 22.9 Å². The van der Waals surface area contributed by atoms with Crippen LogP contribution in [0.15, 0.2) is 72.9 Å². The number of rotatable bonds is 6. The van der Waals surface area contributed by atoms with Crippen molar-refractivity contribution in [2.75, 3.05) is 5.32 Å². The Labute approximate surface area is 190 Å². The SMILES string of the molecule is Cc1cc(Cl)cc(NC(=O)c2cc(-c3ncccc3OCc3ccccc3)c(C)s2)c1. The first-order valence-corrected chi connectivity index (χ1v) is 11.0. The fourth-order valence-corrected chi connectivity index (χ4v) is 4.48. The minimum atomic E-state index is -0.177. The Morgan fingerprint density at radius 3 is 2.65 bits per heavy atom. The van der Waals surface area contributed by atoms with Gasteiger partial charge >= 0.3 is 0 Å².